The van der Waals surface area contributed by atoms with Gasteiger partial charge >= 0.3 is 0 Å². The number of likely N-dealkylation sites (N-methyl/N-ethyl adjacent to an activating group) is 1. The van der Waals surface area contributed by atoms with Crippen molar-refractivity contribution in [1.29, 1.82) is 0 Å². The van der Waals surface area contributed by atoms with Crippen LogP contribution in [-0.2, 0) is 9.59 Å². The van der Waals surface area contributed by atoms with Crippen LogP contribution in [0.2, 0.25) is 0 Å². The second kappa shape index (κ2) is 9.22. The number of carbonyl (C=O) groups is 2. The summed E-state index contributed by atoms with van der Waals surface area (Å²) in [5.41, 5.74) is 2.28. The zero-order chi connectivity index (χ0) is 22.7. The van der Waals surface area contributed by atoms with Crippen molar-refractivity contribution in [1.82, 2.24) is 9.80 Å². The normalized spacial score (nSPS) is 18.0. The Balaban J connectivity index is 2.15. The summed E-state index contributed by atoms with van der Waals surface area (Å²) in [7, 11) is 6.82. The minimum absolute atomic E-state index is 0.0693. The number of aryl methyl sites for hydroxylation is 1. The summed E-state index contributed by atoms with van der Waals surface area (Å²) in [4.78, 5) is 29.4. The Labute approximate surface area is 182 Å². The molecule has 0 saturated carbocycles. The van der Waals surface area contributed by atoms with Crippen molar-refractivity contribution in [2.45, 2.75) is 13.0 Å². The summed E-state index contributed by atoms with van der Waals surface area (Å²) in [5.74, 6) is -0.635. The lowest BCUT2D eigenvalue weighted by Gasteiger charge is -2.26. The zero-order valence-electron chi connectivity index (χ0n) is 18.5. The number of amides is 1. The van der Waals surface area contributed by atoms with Crippen LogP contribution in [0, 0.1) is 6.92 Å². The molecule has 3 rings (SSSR count). The van der Waals surface area contributed by atoms with Gasteiger partial charge < -0.3 is 24.4 Å². The van der Waals surface area contributed by atoms with E-state index in [-0.39, 0.29) is 11.3 Å². The van der Waals surface area contributed by atoms with Crippen molar-refractivity contribution >= 4 is 17.4 Å². The summed E-state index contributed by atoms with van der Waals surface area (Å²) in [6.45, 7) is 2.92. The highest BCUT2D eigenvalue weighted by Crippen LogP contribution is 2.40. The standard InChI is InChI=1S/C24H28N2O5/c1-15-6-8-16(9-7-15)21-20(23(28)24(29)26(21)13-12-25(2)3)22(27)17-10-11-18(30-4)19(14-17)31-5/h6-11,14,21,27H,12-13H2,1-5H3/t21-/m1/s1. The molecule has 31 heavy (non-hydrogen) atoms. The predicted octanol–water partition coefficient (Wildman–Crippen LogP) is 3.00. The molecule has 0 radical (unpaired) electrons. The number of hydrogen-bond acceptors (Lipinski definition) is 6. The fraction of sp³-hybridized carbons (Fsp3) is 0.333. The summed E-state index contributed by atoms with van der Waals surface area (Å²) in [6, 6.07) is 11.8. The van der Waals surface area contributed by atoms with Gasteiger partial charge in [0.25, 0.3) is 11.7 Å². The van der Waals surface area contributed by atoms with Gasteiger partial charge in [0.15, 0.2) is 11.5 Å². The molecular formula is C24H28N2O5. The molecule has 1 aliphatic heterocycles. The predicted molar refractivity (Wildman–Crippen MR) is 118 cm³/mol. The van der Waals surface area contributed by atoms with Crippen LogP contribution in [0.25, 0.3) is 5.76 Å². The summed E-state index contributed by atoms with van der Waals surface area (Å²) < 4.78 is 10.6. The number of benzene rings is 2. The fourth-order valence-electron chi connectivity index (χ4n) is 3.65. The van der Waals surface area contributed by atoms with E-state index in [1.807, 2.05) is 50.2 Å². The third-order valence-electron chi connectivity index (χ3n) is 5.38. The van der Waals surface area contributed by atoms with Crippen molar-refractivity contribution in [3.05, 3.63) is 64.7 Å². The van der Waals surface area contributed by atoms with Crippen LogP contribution in [-0.4, -0.2) is 68.0 Å². The first-order valence-corrected chi connectivity index (χ1v) is 10.0. The van der Waals surface area contributed by atoms with Crippen molar-refractivity contribution in [2.75, 3.05) is 41.4 Å². The molecule has 0 aliphatic carbocycles. The van der Waals surface area contributed by atoms with E-state index in [9.17, 15) is 14.7 Å². The van der Waals surface area contributed by atoms with Gasteiger partial charge in [0.1, 0.15) is 5.76 Å². The number of ketones is 1. The van der Waals surface area contributed by atoms with Gasteiger partial charge in [-0.2, -0.15) is 0 Å². The highest BCUT2D eigenvalue weighted by Gasteiger charge is 2.45. The molecule has 1 atom stereocenters. The van der Waals surface area contributed by atoms with Crippen molar-refractivity contribution in [2.24, 2.45) is 0 Å². The average molecular weight is 424 g/mol. The largest absolute Gasteiger partial charge is 0.507 e. The number of nitrogens with zero attached hydrogens (tertiary/aromatic N) is 2. The summed E-state index contributed by atoms with van der Waals surface area (Å²) >= 11 is 0. The van der Waals surface area contributed by atoms with Crippen molar-refractivity contribution in [3.8, 4) is 11.5 Å². The number of methoxy groups -OCH3 is 2. The Morgan fingerprint density at radius 2 is 1.68 bits per heavy atom. The third-order valence-corrected chi connectivity index (χ3v) is 5.38. The van der Waals surface area contributed by atoms with Gasteiger partial charge in [0.05, 0.1) is 25.8 Å². The molecule has 1 amide bonds. The second-order valence-electron chi connectivity index (χ2n) is 7.78. The van der Waals surface area contributed by atoms with E-state index in [1.54, 1.807) is 18.2 Å². The lowest BCUT2D eigenvalue weighted by molar-refractivity contribution is -0.140. The smallest absolute Gasteiger partial charge is 0.295 e. The van der Waals surface area contributed by atoms with Gasteiger partial charge in [-0.1, -0.05) is 29.8 Å². The van der Waals surface area contributed by atoms with Gasteiger partial charge in [-0.15, -0.1) is 0 Å². The molecule has 1 N–H and O–H groups in total. The molecule has 0 spiro atoms. The molecule has 2 aromatic carbocycles. The maximum atomic E-state index is 13.0. The fourth-order valence-corrected chi connectivity index (χ4v) is 3.65. The van der Waals surface area contributed by atoms with Crippen LogP contribution in [0.4, 0.5) is 0 Å². The number of rotatable bonds is 7. The highest BCUT2D eigenvalue weighted by atomic mass is 16.5. The third kappa shape index (κ3) is 4.41. The van der Waals surface area contributed by atoms with Gasteiger partial charge in [-0.25, -0.2) is 0 Å². The van der Waals surface area contributed by atoms with E-state index in [0.717, 1.165) is 11.1 Å². The molecule has 1 fully saturated rings. The summed E-state index contributed by atoms with van der Waals surface area (Å²) in [6.07, 6.45) is 0. The number of likely N-dealkylation sites (tertiary alicyclic amines) is 1. The van der Waals surface area contributed by atoms with E-state index >= 15 is 0 Å². The van der Waals surface area contributed by atoms with Crippen LogP contribution in [0.5, 0.6) is 11.5 Å². The van der Waals surface area contributed by atoms with Gasteiger partial charge in [0, 0.05) is 18.7 Å². The Bertz CT molecular complexity index is 1010. The molecule has 164 valence electrons. The Morgan fingerprint density at radius 1 is 1.03 bits per heavy atom. The molecule has 1 heterocycles. The molecule has 1 aliphatic rings. The van der Waals surface area contributed by atoms with Crippen LogP contribution >= 0.6 is 0 Å². The van der Waals surface area contributed by atoms with Crippen LogP contribution in [0.3, 0.4) is 0 Å². The van der Waals surface area contributed by atoms with Gasteiger partial charge in [-0.05, 0) is 44.8 Å². The Kier molecular flexibility index (Phi) is 6.65. The maximum absolute atomic E-state index is 13.0. The summed E-state index contributed by atoms with van der Waals surface area (Å²) in [5, 5.41) is 11.1. The van der Waals surface area contributed by atoms with E-state index in [1.165, 1.54) is 19.1 Å². The molecule has 0 unspecified atom stereocenters. The van der Waals surface area contributed by atoms with E-state index < -0.39 is 17.7 Å². The van der Waals surface area contributed by atoms with Crippen molar-refractivity contribution in [3.63, 3.8) is 0 Å². The second-order valence-corrected chi connectivity index (χ2v) is 7.78. The lowest BCUT2D eigenvalue weighted by atomic mass is 9.94. The molecule has 7 heteroatoms. The number of aliphatic hydroxyl groups excluding tert-OH is 1. The monoisotopic (exact) mass is 424 g/mol. The number of aliphatic hydroxyl groups is 1. The van der Waals surface area contributed by atoms with Gasteiger partial charge in [0.2, 0.25) is 0 Å². The lowest BCUT2D eigenvalue weighted by Crippen LogP contribution is -2.35. The molecular weight excluding hydrogens is 396 g/mol. The Morgan fingerprint density at radius 3 is 2.26 bits per heavy atom. The SMILES string of the molecule is COc1ccc(C(O)=C2C(=O)C(=O)N(CCN(C)C)[C@@H]2c2ccc(C)cc2)cc1OC. The highest BCUT2D eigenvalue weighted by molar-refractivity contribution is 6.46. The minimum atomic E-state index is -0.698. The number of hydrogen-bond donors (Lipinski definition) is 1. The van der Waals surface area contributed by atoms with Crippen LogP contribution in [0.1, 0.15) is 22.7 Å². The van der Waals surface area contributed by atoms with E-state index in [4.69, 9.17) is 9.47 Å². The molecule has 0 aromatic heterocycles. The topological polar surface area (TPSA) is 79.3 Å². The first-order chi connectivity index (χ1) is 14.8. The van der Waals surface area contributed by atoms with Crippen LogP contribution in [0.15, 0.2) is 48.0 Å². The quantitative estimate of drug-likeness (QED) is 0.418. The minimum Gasteiger partial charge on any atom is -0.507 e. The van der Waals surface area contributed by atoms with Crippen molar-refractivity contribution < 1.29 is 24.2 Å². The Hall–Kier alpha value is -3.32. The number of ether oxygens (including phenoxy) is 2. The van der Waals surface area contributed by atoms with Crippen LogP contribution < -0.4 is 9.47 Å². The first kappa shape index (κ1) is 22.4. The number of carbonyl (C=O) groups excluding carboxylic acids is 2. The molecule has 1 saturated heterocycles. The average Bonchev–Trinajstić information content (AvgIpc) is 3.01. The maximum Gasteiger partial charge on any atom is 0.295 e. The van der Waals surface area contributed by atoms with E-state index in [2.05, 4.69) is 0 Å². The molecule has 7 nitrogen and oxygen atoms in total. The molecule has 0 bridgehead atoms. The first-order valence-electron chi connectivity index (χ1n) is 10.0. The van der Waals surface area contributed by atoms with E-state index in [0.29, 0.717) is 30.2 Å². The molecule has 2 aromatic rings. The van der Waals surface area contributed by atoms with Gasteiger partial charge in [-0.3, -0.25) is 9.59 Å². The number of Topliss-reactive ketones (excluding diaryl/α,β-unsaturated/α-hetero) is 1. The zero-order valence-corrected chi connectivity index (χ0v) is 18.5.